The van der Waals surface area contributed by atoms with Gasteiger partial charge in [0.05, 0.1) is 12.2 Å². The molecule has 4 heteroatoms. The second-order valence-corrected chi connectivity index (χ2v) is 4.38. The van der Waals surface area contributed by atoms with Gasteiger partial charge < -0.3 is 5.11 Å². The van der Waals surface area contributed by atoms with Crippen molar-refractivity contribution < 1.29 is 5.11 Å². The SMILES string of the molecule is N#Cc1ccc(Br)cc1SCCO. The van der Waals surface area contributed by atoms with Crippen LogP contribution in [0.2, 0.25) is 0 Å². The van der Waals surface area contributed by atoms with E-state index < -0.39 is 0 Å². The molecular formula is C9H8BrNOS. The predicted octanol–water partition coefficient (Wildman–Crippen LogP) is 2.41. The zero-order valence-electron chi connectivity index (χ0n) is 6.83. The van der Waals surface area contributed by atoms with E-state index in [1.807, 2.05) is 12.1 Å². The van der Waals surface area contributed by atoms with Gasteiger partial charge in [-0.3, -0.25) is 0 Å². The molecule has 0 spiro atoms. The smallest absolute Gasteiger partial charge is 0.100 e. The van der Waals surface area contributed by atoms with Crippen molar-refractivity contribution in [2.45, 2.75) is 4.90 Å². The topological polar surface area (TPSA) is 44.0 Å². The van der Waals surface area contributed by atoms with Crippen molar-refractivity contribution in [1.82, 2.24) is 0 Å². The largest absolute Gasteiger partial charge is 0.396 e. The van der Waals surface area contributed by atoms with Gasteiger partial charge in [-0.15, -0.1) is 11.8 Å². The molecule has 0 aromatic heterocycles. The number of aliphatic hydroxyl groups is 1. The van der Waals surface area contributed by atoms with Crippen molar-refractivity contribution in [2.75, 3.05) is 12.4 Å². The molecule has 1 aromatic carbocycles. The molecule has 1 N–H and O–H groups in total. The van der Waals surface area contributed by atoms with Crippen LogP contribution in [0.1, 0.15) is 5.56 Å². The van der Waals surface area contributed by atoms with E-state index in [1.54, 1.807) is 6.07 Å². The Bertz CT molecular complexity index is 335. The van der Waals surface area contributed by atoms with Crippen molar-refractivity contribution >= 4 is 27.7 Å². The van der Waals surface area contributed by atoms with Crippen LogP contribution in [0.3, 0.4) is 0 Å². The van der Waals surface area contributed by atoms with Gasteiger partial charge in [0, 0.05) is 15.1 Å². The van der Waals surface area contributed by atoms with E-state index in [4.69, 9.17) is 10.4 Å². The Labute approximate surface area is 89.7 Å². The van der Waals surface area contributed by atoms with Crippen molar-refractivity contribution in [3.05, 3.63) is 28.2 Å². The maximum atomic E-state index is 8.77. The molecule has 1 aromatic rings. The quantitative estimate of drug-likeness (QED) is 0.846. The van der Waals surface area contributed by atoms with Gasteiger partial charge in [0.15, 0.2) is 0 Å². The molecule has 0 saturated heterocycles. The average molecular weight is 258 g/mol. The van der Waals surface area contributed by atoms with Gasteiger partial charge in [-0.25, -0.2) is 0 Å². The summed E-state index contributed by atoms with van der Waals surface area (Å²) in [6.45, 7) is 0.127. The third-order valence-electron chi connectivity index (χ3n) is 1.41. The summed E-state index contributed by atoms with van der Waals surface area (Å²) in [5, 5.41) is 17.4. The molecule has 0 aliphatic heterocycles. The summed E-state index contributed by atoms with van der Waals surface area (Å²) in [7, 11) is 0. The highest BCUT2D eigenvalue weighted by Gasteiger charge is 2.02. The first-order valence-corrected chi connectivity index (χ1v) is 5.49. The van der Waals surface area contributed by atoms with Gasteiger partial charge in [-0.05, 0) is 18.2 Å². The minimum absolute atomic E-state index is 0.127. The van der Waals surface area contributed by atoms with Crippen molar-refractivity contribution in [1.29, 1.82) is 5.26 Å². The molecule has 0 fully saturated rings. The second-order valence-electron chi connectivity index (χ2n) is 2.32. The molecule has 68 valence electrons. The predicted molar refractivity (Wildman–Crippen MR) is 56.7 cm³/mol. The molecule has 13 heavy (non-hydrogen) atoms. The van der Waals surface area contributed by atoms with Crippen LogP contribution in [0, 0.1) is 11.3 Å². The van der Waals surface area contributed by atoms with E-state index in [1.165, 1.54) is 11.8 Å². The number of thioether (sulfide) groups is 1. The van der Waals surface area contributed by atoms with Crippen molar-refractivity contribution in [3.63, 3.8) is 0 Å². The van der Waals surface area contributed by atoms with Gasteiger partial charge in [-0.1, -0.05) is 15.9 Å². The highest BCUT2D eigenvalue weighted by atomic mass is 79.9. The molecule has 0 aliphatic rings. The fourth-order valence-electron chi connectivity index (χ4n) is 0.864. The van der Waals surface area contributed by atoms with Crippen LogP contribution in [0.4, 0.5) is 0 Å². The Kier molecular flexibility index (Phi) is 4.29. The summed E-state index contributed by atoms with van der Waals surface area (Å²) in [5.41, 5.74) is 0.654. The average Bonchev–Trinajstić information content (AvgIpc) is 2.15. The summed E-state index contributed by atoms with van der Waals surface area (Å²) >= 11 is 4.82. The Hall–Kier alpha value is -0.500. The van der Waals surface area contributed by atoms with Crippen LogP contribution in [0.5, 0.6) is 0 Å². The number of aliphatic hydroxyl groups excluding tert-OH is 1. The lowest BCUT2D eigenvalue weighted by Crippen LogP contribution is -1.88. The molecule has 0 heterocycles. The van der Waals surface area contributed by atoms with Crippen LogP contribution < -0.4 is 0 Å². The lowest BCUT2D eigenvalue weighted by Gasteiger charge is -2.02. The van der Waals surface area contributed by atoms with E-state index in [2.05, 4.69) is 22.0 Å². The van der Waals surface area contributed by atoms with Crippen LogP contribution in [0.15, 0.2) is 27.6 Å². The van der Waals surface area contributed by atoms with E-state index in [0.717, 1.165) is 9.37 Å². The minimum Gasteiger partial charge on any atom is -0.396 e. The molecule has 0 aliphatic carbocycles. The summed E-state index contributed by atoms with van der Waals surface area (Å²) in [4.78, 5) is 0.908. The molecule has 0 amide bonds. The Balaban J connectivity index is 2.89. The summed E-state index contributed by atoms with van der Waals surface area (Å²) in [6, 6.07) is 7.60. The lowest BCUT2D eigenvalue weighted by atomic mass is 10.2. The molecular weight excluding hydrogens is 250 g/mol. The monoisotopic (exact) mass is 257 g/mol. The Morgan fingerprint density at radius 1 is 1.54 bits per heavy atom. The number of nitrogens with zero attached hydrogens (tertiary/aromatic N) is 1. The first-order valence-electron chi connectivity index (χ1n) is 3.71. The van der Waals surface area contributed by atoms with Crippen LogP contribution in [-0.4, -0.2) is 17.5 Å². The third kappa shape index (κ3) is 3.03. The van der Waals surface area contributed by atoms with Crippen molar-refractivity contribution in [2.24, 2.45) is 0 Å². The van der Waals surface area contributed by atoms with E-state index in [-0.39, 0.29) is 6.61 Å². The Morgan fingerprint density at radius 2 is 2.31 bits per heavy atom. The minimum atomic E-state index is 0.127. The maximum Gasteiger partial charge on any atom is 0.100 e. The number of nitriles is 1. The number of halogens is 1. The maximum absolute atomic E-state index is 8.77. The second kappa shape index (κ2) is 5.28. The van der Waals surface area contributed by atoms with Gasteiger partial charge in [0.2, 0.25) is 0 Å². The molecule has 2 nitrogen and oxygen atoms in total. The molecule has 0 radical (unpaired) electrons. The zero-order valence-corrected chi connectivity index (χ0v) is 9.23. The highest BCUT2D eigenvalue weighted by molar-refractivity contribution is 9.10. The number of hydrogen-bond donors (Lipinski definition) is 1. The summed E-state index contributed by atoms with van der Waals surface area (Å²) in [6.07, 6.45) is 0. The summed E-state index contributed by atoms with van der Waals surface area (Å²) in [5.74, 6) is 0.616. The lowest BCUT2D eigenvalue weighted by molar-refractivity contribution is 0.322. The zero-order chi connectivity index (χ0) is 9.68. The van der Waals surface area contributed by atoms with Gasteiger partial charge in [-0.2, -0.15) is 5.26 Å². The summed E-state index contributed by atoms with van der Waals surface area (Å²) < 4.78 is 0.951. The first kappa shape index (κ1) is 10.6. The third-order valence-corrected chi connectivity index (χ3v) is 2.94. The first-order chi connectivity index (χ1) is 6.27. The van der Waals surface area contributed by atoms with E-state index in [9.17, 15) is 0 Å². The molecule has 0 saturated carbocycles. The standard InChI is InChI=1S/C9H8BrNOS/c10-8-2-1-7(6-11)9(5-8)13-4-3-12/h1-2,5,12H,3-4H2. The Morgan fingerprint density at radius 3 is 2.92 bits per heavy atom. The van der Waals surface area contributed by atoms with Crippen LogP contribution >= 0.6 is 27.7 Å². The van der Waals surface area contributed by atoms with Crippen LogP contribution in [-0.2, 0) is 0 Å². The molecule has 0 bridgehead atoms. The number of hydrogen-bond acceptors (Lipinski definition) is 3. The van der Waals surface area contributed by atoms with E-state index in [0.29, 0.717) is 11.3 Å². The molecule has 0 unspecified atom stereocenters. The normalized spacial score (nSPS) is 9.62. The van der Waals surface area contributed by atoms with E-state index >= 15 is 0 Å². The van der Waals surface area contributed by atoms with Crippen LogP contribution in [0.25, 0.3) is 0 Å². The number of benzene rings is 1. The fraction of sp³-hybridized carbons (Fsp3) is 0.222. The molecule has 1 rings (SSSR count). The highest BCUT2D eigenvalue weighted by Crippen LogP contribution is 2.25. The van der Waals surface area contributed by atoms with Gasteiger partial charge in [0.1, 0.15) is 6.07 Å². The van der Waals surface area contributed by atoms with Gasteiger partial charge >= 0.3 is 0 Å². The number of rotatable bonds is 3. The van der Waals surface area contributed by atoms with Crippen molar-refractivity contribution in [3.8, 4) is 6.07 Å². The van der Waals surface area contributed by atoms with Gasteiger partial charge in [0.25, 0.3) is 0 Å². The fourth-order valence-corrected chi connectivity index (χ4v) is 2.17. The molecule has 0 atom stereocenters.